The van der Waals surface area contributed by atoms with Gasteiger partial charge in [0, 0.05) is 0 Å². The number of nitrogens with one attached hydrogen (secondary N) is 1. The Kier molecular flexibility index (Phi) is 4.32. The van der Waals surface area contributed by atoms with Crippen molar-refractivity contribution >= 4 is 17.2 Å². The molecule has 1 N–H and O–H groups in total. The Balaban J connectivity index is 2.12. The van der Waals surface area contributed by atoms with E-state index in [1.54, 1.807) is 6.07 Å². The summed E-state index contributed by atoms with van der Waals surface area (Å²) in [4.78, 5) is 12.5. The average molecular weight is 270 g/mol. The van der Waals surface area contributed by atoms with Crippen LogP contribution in [0.3, 0.4) is 0 Å². The third-order valence-corrected chi connectivity index (χ3v) is 3.74. The summed E-state index contributed by atoms with van der Waals surface area (Å²) < 4.78 is 0. The molecule has 1 aromatic heterocycles. The number of hydrogen-bond donors (Lipinski definition) is 1. The van der Waals surface area contributed by atoms with Gasteiger partial charge in [-0.15, -0.1) is 11.3 Å². The Hall–Kier alpha value is -2.12. The molecule has 0 radical (unpaired) electrons. The maximum Gasteiger partial charge on any atom is 0.262 e. The standard InChI is InChI=1S/C15H14N2OS/c1-2-11-5-7-12(8-6-11)13(10-16)17-15(18)14-4-3-9-19-14/h3-9,13H,2H2,1H3,(H,17,18). The molecule has 1 heterocycles. The van der Waals surface area contributed by atoms with Crippen molar-refractivity contribution in [2.24, 2.45) is 0 Å². The summed E-state index contributed by atoms with van der Waals surface area (Å²) in [7, 11) is 0. The Labute approximate surface area is 116 Å². The first-order valence-corrected chi connectivity index (χ1v) is 6.95. The lowest BCUT2D eigenvalue weighted by atomic mass is 10.0. The van der Waals surface area contributed by atoms with Crippen molar-refractivity contribution in [1.82, 2.24) is 5.32 Å². The fourth-order valence-electron chi connectivity index (χ4n) is 1.75. The summed E-state index contributed by atoms with van der Waals surface area (Å²) in [5.74, 6) is -0.207. The number of rotatable bonds is 4. The number of thiophene rings is 1. The molecule has 0 aliphatic heterocycles. The van der Waals surface area contributed by atoms with E-state index in [0.29, 0.717) is 4.88 Å². The number of aryl methyl sites for hydroxylation is 1. The van der Waals surface area contributed by atoms with E-state index in [1.165, 1.54) is 16.9 Å². The smallest absolute Gasteiger partial charge is 0.262 e. The summed E-state index contributed by atoms with van der Waals surface area (Å²) in [5.41, 5.74) is 2.02. The highest BCUT2D eigenvalue weighted by atomic mass is 32.1. The molecule has 0 aliphatic rings. The molecule has 0 saturated carbocycles. The van der Waals surface area contributed by atoms with Crippen LogP contribution in [0.1, 0.15) is 33.8 Å². The lowest BCUT2D eigenvalue weighted by molar-refractivity contribution is 0.0949. The molecular weight excluding hydrogens is 256 g/mol. The van der Waals surface area contributed by atoms with E-state index in [9.17, 15) is 10.1 Å². The molecule has 1 aromatic carbocycles. The summed E-state index contributed by atoms with van der Waals surface area (Å²) in [6, 6.07) is 12.8. The second kappa shape index (κ2) is 6.17. The van der Waals surface area contributed by atoms with Gasteiger partial charge >= 0.3 is 0 Å². The van der Waals surface area contributed by atoms with E-state index >= 15 is 0 Å². The number of carbonyl (C=O) groups excluding carboxylic acids is 1. The molecule has 96 valence electrons. The molecule has 0 spiro atoms. The molecule has 1 unspecified atom stereocenters. The lowest BCUT2D eigenvalue weighted by Gasteiger charge is -2.11. The Bertz CT molecular complexity index is 582. The number of nitriles is 1. The van der Waals surface area contributed by atoms with Crippen LogP contribution in [-0.4, -0.2) is 5.91 Å². The van der Waals surface area contributed by atoms with Gasteiger partial charge in [-0.3, -0.25) is 4.79 Å². The van der Waals surface area contributed by atoms with Gasteiger partial charge in [0.25, 0.3) is 5.91 Å². The monoisotopic (exact) mass is 270 g/mol. The quantitative estimate of drug-likeness (QED) is 0.926. The van der Waals surface area contributed by atoms with Crippen LogP contribution in [0.5, 0.6) is 0 Å². The van der Waals surface area contributed by atoms with Gasteiger partial charge in [-0.05, 0) is 29.0 Å². The molecule has 0 aliphatic carbocycles. The fraction of sp³-hybridized carbons (Fsp3) is 0.200. The molecular formula is C15H14N2OS. The maximum absolute atomic E-state index is 11.9. The molecule has 0 fully saturated rings. The topological polar surface area (TPSA) is 52.9 Å². The number of carbonyl (C=O) groups is 1. The van der Waals surface area contributed by atoms with Gasteiger partial charge in [-0.2, -0.15) is 5.26 Å². The predicted molar refractivity (Wildman–Crippen MR) is 76.0 cm³/mol. The molecule has 2 rings (SSSR count). The van der Waals surface area contributed by atoms with Gasteiger partial charge in [0.1, 0.15) is 6.04 Å². The van der Waals surface area contributed by atoms with Crippen LogP contribution in [-0.2, 0) is 6.42 Å². The van der Waals surface area contributed by atoms with Crippen LogP contribution in [0.15, 0.2) is 41.8 Å². The molecule has 1 amide bonds. The second-order valence-corrected chi connectivity index (χ2v) is 5.06. The van der Waals surface area contributed by atoms with Crippen LogP contribution in [0.4, 0.5) is 0 Å². The minimum absolute atomic E-state index is 0.207. The van der Waals surface area contributed by atoms with E-state index in [2.05, 4.69) is 18.3 Å². The highest BCUT2D eigenvalue weighted by Crippen LogP contribution is 2.16. The zero-order valence-electron chi connectivity index (χ0n) is 10.6. The summed E-state index contributed by atoms with van der Waals surface area (Å²) in [6.07, 6.45) is 0.957. The van der Waals surface area contributed by atoms with Crippen molar-refractivity contribution in [3.8, 4) is 6.07 Å². The van der Waals surface area contributed by atoms with Gasteiger partial charge in [-0.1, -0.05) is 37.3 Å². The zero-order valence-corrected chi connectivity index (χ0v) is 11.4. The first kappa shape index (κ1) is 13.3. The van der Waals surface area contributed by atoms with Crippen molar-refractivity contribution < 1.29 is 4.79 Å². The normalized spacial score (nSPS) is 11.6. The Morgan fingerprint density at radius 3 is 2.63 bits per heavy atom. The SMILES string of the molecule is CCc1ccc(C(C#N)NC(=O)c2cccs2)cc1. The van der Waals surface area contributed by atoms with Crippen molar-refractivity contribution in [3.63, 3.8) is 0 Å². The van der Waals surface area contributed by atoms with Gasteiger partial charge in [0.05, 0.1) is 10.9 Å². The van der Waals surface area contributed by atoms with Crippen LogP contribution >= 0.6 is 11.3 Å². The number of benzene rings is 1. The van der Waals surface area contributed by atoms with Crippen LogP contribution in [0, 0.1) is 11.3 Å². The summed E-state index contributed by atoms with van der Waals surface area (Å²) >= 11 is 1.36. The lowest BCUT2D eigenvalue weighted by Crippen LogP contribution is -2.26. The van der Waals surface area contributed by atoms with E-state index in [-0.39, 0.29) is 5.91 Å². The molecule has 1 atom stereocenters. The highest BCUT2D eigenvalue weighted by Gasteiger charge is 2.15. The minimum Gasteiger partial charge on any atom is -0.332 e. The molecule has 0 bridgehead atoms. The largest absolute Gasteiger partial charge is 0.332 e. The van der Waals surface area contributed by atoms with Gasteiger partial charge in [-0.25, -0.2) is 0 Å². The average Bonchev–Trinajstić information content (AvgIpc) is 2.99. The van der Waals surface area contributed by atoms with E-state index in [0.717, 1.165) is 12.0 Å². The van der Waals surface area contributed by atoms with Crippen LogP contribution in [0.2, 0.25) is 0 Å². The molecule has 19 heavy (non-hydrogen) atoms. The Morgan fingerprint density at radius 2 is 2.11 bits per heavy atom. The third-order valence-electron chi connectivity index (χ3n) is 2.87. The third kappa shape index (κ3) is 3.21. The van der Waals surface area contributed by atoms with Gasteiger partial charge in [0.15, 0.2) is 0 Å². The predicted octanol–water partition coefficient (Wildman–Crippen LogP) is 3.31. The molecule has 3 nitrogen and oxygen atoms in total. The molecule has 0 saturated heterocycles. The summed E-state index contributed by atoms with van der Waals surface area (Å²) in [6.45, 7) is 2.08. The van der Waals surface area contributed by atoms with E-state index in [1.807, 2.05) is 35.7 Å². The fourth-order valence-corrected chi connectivity index (χ4v) is 2.37. The Morgan fingerprint density at radius 1 is 1.37 bits per heavy atom. The van der Waals surface area contributed by atoms with Crippen molar-refractivity contribution in [2.45, 2.75) is 19.4 Å². The second-order valence-electron chi connectivity index (χ2n) is 4.11. The minimum atomic E-state index is -0.611. The number of hydrogen-bond acceptors (Lipinski definition) is 3. The van der Waals surface area contributed by atoms with Gasteiger partial charge < -0.3 is 5.32 Å². The molecule has 4 heteroatoms. The maximum atomic E-state index is 11.9. The van der Waals surface area contributed by atoms with E-state index < -0.39 is 6.04 Å². The highest BCUT2D eigenvalue weighted by molar-refractivity contribution is 7.12. The summed E-state index contributed by atoms with van der Waals surface area (Å²) in [5, 5.41) is 13.8. The molecule has 2 aromatic rings. The number of amides is 1. The van der Waals surface area contributed by atoms with Crippen molar-refractivity contribution in [3.05, 3.63) is 57.8 Å². The first-order valence-electron chi connectivity index (χ1n) is 6.07. The van der Waals surface area contributed by atoms with Crippen molar-refractivity contribution in [2.75, 3.05) is 0 Å². The van der Waals surface area contributed by atoms with Gasteiger partial charge in [0.2, 0.25) is 0 Å². The van der Waals surface area contributed by atoms with E-state index in [4.69, 9.17) is 0 Å². The zero-order chi connectivity index (χ0) is 13.7. The first-order chi connectivity index (χ1) is 9.24. The van der Waals surface area contributed by atoms with Crippen molar-refractivity contribution in [1.29, 1.82) is 5.26 Å². The van der Waals surface area contributed by atoms with Crippen LogP contribution < -0.4 is 5.32 Å². The van der Waals surface area contributed by atoms with Crippen LogP contribution in [0.25, 0.3) is 0 Å². The number of nitrogens with zero attached hydrogens (tertiary/aromatic N) is 1.